The van der Waals surface area contributed by atoms with Gasteiger partial charge < -0.3 is 4.74 Å². The van der Waals surface area contributed by atoms with Crippen LogP contribution < -0.4 is 4.67 Å². The fourth-order valence-corrected chi connectivity index (χ4v) is 2.43. The van der Waals surface area contributed by atoms with E-state index in [1.165, 1.54) is 0 Å². The van der Waals surface area contributed by atoms with Crippen LogP contribution in [0.15, 0.2) is 46.6 Å². The van der Waals surface area contributed by atoms with E-state index >= 15 is 0 Å². The number of hydrogen-bond donors (Lipinski definition) is 0. The van der Waals surface area contributed by atoms with Gasteiger partial charge in [0.1, 0.15) is 5.60 Å². The lowest BCUT2D eigenvalue weighted by molar-refractivity contribution is -0.153. The van der Waals surface area contributed by atoms with Crippen LogP contribution in [0.2, 0.25) is 0 Å². The van der Waals surface area contributed by atoms with E-state index in [1.807, 2.05) is 40.7 Å². The normalized spacial score (nSPS) is 13.1. The molecule has 0 saturated heterocycles. The summed E-state index contributed by atoms with van der Waals surface area (Å²) in [6.45, 7) is 15.4. The number of ether oxygens (including phenoxy) is 1. The molecule has 0 spiro atoms. The van der Waals surface area contributed by atoms with Crippen LogP contribution in [0.3, 0.4) is 0 Å². The van der Waals surface area contributed by atoms with Crippen molar-refractivity contribution in [2.75, 3.05) is 0 Å². The fraction of sp³-hybridized carbons (Fsp3) is 0.522. The summed E-state index contributed by atoms with van der Waals surface area (Å²) in [4.78, 5) is 12.0. The van der Waals surface area contributed by atoms with E-state index < -0.39 is 5.60 Å². The van der Waals surface area contributed by atoms with Crippen LogP contribution in [0.1, 0.15) is 73.6 Å². The van der Waals surface area contributed by atoms with Gasteiger partial charge in [-0.3, -0.25) is 4.79 Å². The Morgan fingerprint density at radius 3 is 2.44 bits per heavy atom. The van der Waals surface area contributed by atoms with Crippen molar-refractivity contribution in [2.24, 2.45) is 0 Å². The molecule has 0 saturated carbocycles. The van der Waals surface area contributed by atoms with E-state index in [2.05, 4.69) is 30.3 Å². The Morgan fingerprint density at radius 1 is 1.26 bits per heavy atom. The molecule has 0 unspecified atom stereocenters. The monoisotopic (exact) mass is 392 g/mol. The van der Waals surface area contributed by atoms with E-state index in [-0.39, 0.29) is 5.97 Å². The maximum atomic E-state index is 12.0. The first-order valence-corrected chi connectivity index (χ1v) is 9.91. The first-order valence-electron chi connectivity index (χ1n) is 9.53. The van der Waals surface area contributed by atoms with Crippen molar-refractivity contribution in [1.29, 1.82) is 0 Å². The quantitative estimate of drug-likeness (QED) is 0.113. The van der Waals surface area contributed by atoms with Gasteiger partial charge >= 0.3 is 12.2 Å². The Bertz CT molecular complexity index is 654. The van der Waals surface area contributed by atoms with Gasteiger partial charge in [0, 0.05) is 6.92 Å². The smallest absolute Gasteiger partial charge is 0.310 e. The lowest BCUT2D eigenvalue weighted by Gasteiger charge is -2.20. The SMILES string of the molecule is C=C(C)/C(Cl)=C(C=[N+]=CC)/C=C/CC/C=C(\CCC)CC(=O)OC(C)(C)C. The van der Waals surface area contributed by atoms with E-state index in [0.29, 0.717) is 11.5 Å². The average Bonchev–Trinajstić information content (AvgIpc) is 2.54. The van der Waals surface area contributed by atoms with Crippen LogP contribution in [0.4, 0.5) is 0 Å². The Morgan fingerprint density at radius 2 is 1.93 bits per heavy atom. The number of unbranched alkanes of at least 4 members (excludes halogenated alkanes) is 1. The zero-order valence-electron chi connectivity index (χ0n) is 17.8. The summed E-state index contributed by atoms with van der Waals surface area (Å²) in [6.07, 6.45) is 13.6. The van der Waals surface area contributed by atoms with Crippen LogP contribution in [-0.2, 0) is 9.53 Å². The standard InChI is InChI=1S/C23H35ClNO2/c1-8-13-19(16-21(26)27-23(5,6)7)14-11-10-12-15-20(17-25-9-2)22(24)18(3)4/h9,12,14-15,17H,3,8,10-11,13,16H2,1-2,4-7H3/q+1/b15-12+,19-14+,22-20+. The van der Waals surface area contributed by atoms with Crippen molar-refractivity contribution in [2.45, 2.75) is 79.2 Å². The third kappa shape index (κ3) is 13.1. The second-order valence-electron chi connectivity index (χ2n) is 7.44. The molecule has 0 amide bonds. The molecule has 0 aliphatic rings. The van der Waals surface area contributed by atoms with Crippen LogP contribution in [0.25, 0.3) is 0 Å². The van der Waals surface area contributed by atoms with Crippen LogP contribution in [0, 0.1) is 0 Å². The molecule has 0 radical (unpaired) electrons. The van der Waals surface area contributed by atoms with Gasteiger partial charge in [-0.05, 0) is 52.5 Å². The van der Waals surface area contributed by atoms with Crippen molar-refractivity contribution < 1.29 is 9.53 Å². The average molecular weight is 393 g/mol. The van der Waals surface area contributed by atoms with Crippen molar-refractivity contribution in [1.82, 2.24) is 4.67 Å². The molecule has 0 bridgehead atoms. The van der Waals surface area contributed by atoms with E-state index in [4.69, 9.17) is 16.3 Å². The molecule has 0 aromatic heterocycles. The summed E-state index contributed by atoms with van der Waals surface area (Å²) in [6, 6.07) is 0. The van der Waals surface area contributed by atoms with Gasteiger partial charge in [0.05, 0.1) is 17.0 Å². The lowest BCUT2D eigenvalue weighted by Crippen LogP contribution is -2.24. The zero-order chi connectivity index (χ0) is 20.9. The zero-order valence-corrected chi connectivity index (χ0v) is 18.5. The number of esters is 1. The predicted octanol–water partition coefficient (Wildman–Crippen LogP) is 6.08. The van der Waals surface area contributed by atoms with Gasteiger partial charge in [-0.15, -0.1) is 4.67 Å². The number of carbonyl (C=O) groups excluding carboxylic acids is 1. The van der Waals surface area contributed by atoms with E-state index in [9.17, 15) is 4.79 Å². The molecule has 0 N–H and O–H groups in total. The Kier molecular flexibility index (Phi) is 12.5. The number of hydrogen-bond acceptors (Lipinski definition) is 2. The minimum absolute atomic E-state index is 0.164. The molecule has 0 heterocycles. The maximum Gasteiger partial charge on any atom is 0.310 e. The largest absolute Gasteiger partial charge is 0.460 e. The van der Waals surface area contributed by atoms with Gasteiger partial charge in [-0.1, -0.05) is 55.3 Å². The minimum Gasteiger partial charge on any atom is -0.460 e. The molecule has 27 heavy (non-hydrogen) atoms. The summed E-state index contributed by atoms with van der Waals surface area (Å²) < 4.78 is 9.56. The van der Waals surface area contributed by atoms with E-state index in [1.54, 1.807) is 12.4 Å². The number of nitrogens with zero attached hydrogens (tertiary/aromatic N) is 1. The van der Waals surface area contributed by atoms with Crippen molar-refractivity contribution in [3.63, 3.8) is 0 Å². The van der Waals surface area contributed by atoms with Crippen molar-refractivity contribution in [3.05, 3.63) is 46.6 Å². The van der Waals surface area contributed by atoms with Crippen molar-refractivity contribution >= 4 is 30.0 Å². The van der Waals surface area contributed by atoms with Crippen LogP contribution in [-0.4, -0.2) is 24.0 Å². The first kappa shape index (κ1) is 25.2. The Labute approximate surface area is 170 Å². The number of rotatable bonds is 10. The van der Waals surface area contributed by atoms with Gasteiger partial charge in [-0.25, -0.2) is 0 Å². The molecular formula is C23H35ClNO2+. The number of allylic oxidation sites excluding steroid dienone is 6. The molecule has 0 rings (SSSR count). The lowest BCUT2D eigenvalue weighted by atomic mass is 10.0. The fourth-order valence-electron chi connectivity index (χ4n) is 2.31. The molecule has 0 atom stereocenters. The van der Waals surface area contributed by atoms with Crippen LogP contribution >= 0.6 is 11.6 Å². The molecule has 0 aliphatic carbocycles. The molecule has 0 aliphatic heterocycles. The van der Waals surface area contributed by atoms with Gasteiger partial charge in [0.2, 0.25) is 0 Å². The molecule has 0 aromatic rings. The summed E-state index contributed by atoms with van der Waals surface area (Å²) in [5, 5.41) is 0.615. The Hall–Kier alpha value is -1.83. The minimum atomic E-state index is -0.445. The van der Waals surface area contributed by atoms with Crippen LogP contribution in [0.5, 0.6) is 0 Å². The summed E-state index contributed by atoms with van der Waals surface area (Å²) >= 11 is 6.29. The number of carbonyl (C=O) groups is 1. The topological polar surface area (TPSA) is 40.4 Å². The number of halogens is 1. The molecule has 0 fully saturated rings. The molecular weight excluding hydrogens is 358 g/mol. The summed E-state index contributed by atoms with van der Waals surface area (Å²) in [5.74, 6) is -0.164. The van der Waals surface area contributed by atoms with Gasteiger partial charge in [0.25, 0.3) is 6.21 Å². The van der Waals surface area contributed by atoms with Gasteiger partial charge in [0.15, 0.2) is 0 Å². The Balaban J connectivity index is 4.91. The molecule has 4 heteroatoms. The highest BCUT2D eigenvalue weighted by Crippen LogP contribution is 2.18. The second kappa shape index (κ2) is 13.4. The second-order valence-corrected chi connectivity index (χ2v) is 7.82. The third-order valence-electron chi connectivity index (χ3n) is 3.42. The third-order valence-corrected chi connectivity index (χ3v) is 3.96. The molecule has 3 nitrogen and oxygen atoms in total. The van der Waals surface area contributed by atoms with E-state index in [0.717, 1.165) is 42.4 Å². The molecule has 0 aromatic carbocycles. The highest BCUT2D eigenvalue weighted by atomic mass is 35.5. The summed E-state index contributed by atoms with van der Waals surface area (Å²) in [7, 11) is 0. The highest BCUT2D eigenvalue weighted by molar-refractivity contribution is 6.33. The maximum absolute atomic E-state index is 12.0. The molecule has 150 valence electrons. The highest BCUT2D eigenvalue weighted by Gasteiger charge is 2.16. The first-order chi connectivity index (χ1) is 12.6. The van der Waals surface area contributed by atoms with Crippen molar-refractivity contribution in [3.8, 4) is 0 Å². The predicted molar refractivity (Wildman–Crippen MR) is 119 cm³/mol. The summed E-state index contributed by atoms with van der Waals surface area (Å²) in [5.41, 5.74) is 2.34. The van der Waals surface area contributed by atoms with Gasteiger partial charge in [-0.2, -0.15) is 0 Å².